The molecule has 0 aromatic rings. The van der Waals surface area contributed by atoms with Gasteiger partial charge in [0.25, 0.3) is 0 Å². The van der Waals surface area contributed by atoms with Gasteiger partial charge in [-0.2, -0.15) is 13.5 Å². The largest absolute Gasteiger partial charge is 0 e. The average molecular weight is 160 g/mol. The quantitative estimate of drug-likeness (QED) is 0.380. The summed E-state index contributed by atoms with van der Waals surface area (Å²) in [5.74, 6) is 0. The molecular formula is H6CaOSZn. The van der Waals surface area contributed by atoms with Gasteiger partial charge in [-0.25, -0.2) is 0 Å². The summed E-state index contributed by atoms with van der Waals surface area (Å²) in [5, 5.41) is 0. The number of hydrogen-bond donors (Lipinski definition) is 0. The van der Waals surface area contributed by atoms with E-state index in [1.807, 2.05) is 0 Å². The molecule has 2 N–H and O–H groups in total. The summed E-state index contributed by atoms with van der Waals surface area (Å²) in [6, 6.07) is 0. The molecule has 0 spiro atoms. The summed E-state index contributed by atoms with van der Waals surface area (Å²) in [4.78, 5) is 0. The summed E-state index contributed by atoms with van der Waals surface area (Å²) < 4.78 is 0. The minimum Gasteiger partial charge on any atom is 0 e. The fourth-order valence-corrected chi connectivity index (χ4v) is 0. The van der Waals surface area contributed by atoms with Crippen molar-refractivity contribution in [1.82, 2.24) is 0 Å². The Morgan fingerprint density at radius 1 is 1.00 bits per heavy atom. The SMILES string of the molecule is O.S.[CaH2].[Zn]. The van der Waals surface area contributed by atoms with E-state index < -0.39 is 0 Å². The third kappa shape index (κ3) is 8.89. The monoisotopic (exact) mass is 158 g/mol. The summed E-state index contributed by atoms with van der Waals surface area (Å²) in [7, 11) is 0. The molecular weight excluding hydrogens is 154 g/mol. The van der Waals surface area contributed by atoms with Crippen molar-refractivity contribution in [2.24, 2.45) is 0 Å². The first-order chi connectivity index (χ1) is 0. The van der Waals surface area contributed by atoms with Gasteiger partial charge in [-0.15, -0.1) is 0 Å². The maximum absolute atomic E-state index is 0. The Balaban J connectivity index is 0. The molecule has 0 aromatic carbocycles. The molecule has 4 heavy (non-hydrogen) atoms. The van der Waals surface area contributed by atoms with Crippen molar-refractivity contribution in [3.63, 3.8) is 0 Å². The molecule has 0 radical (unpaired) electrons. The normalized spacial score (nSPS) is 0. The minimum atomic E-state index is 0. The molecule has 0 aliphatic heterocycles. The molecule has 0 saturated heterocycles. The molecule has 0 bridgehead atoms. The van der Waals surface area contributed by atoms with E-state index in [9.17, 15) is 0 Å². The van der Waals surface area contributed by atoms with Crippen LogP contribution >= 0.6 is 13.5 Å². The Labute approximate surface area is 75.0 Å². The van der Waals surface area contributed by atoms with Crippen molar-refractivity contribution in [3.05, 3.63) is 0 Å². The fourth-order valence-electron chi connectivity index (χ4n) is 0. The second kappa shape index (κ2) is 19.0. The van der Waals surface area contributed by atoms with E-state index in [0.717, 1.165) is 0 Å². The zero-order valence-corrected chi connectivity index (χ0v) is 5.67. The number of hydrogen-bond acceptors (Lipinski definition) is 0. The van der Waals surface area contributed by atoms with E-state index in [1.165, 1.54) is 0 Å². The first-order valence-corrected chi connectivity index (χ1v) is 0. The zero-order chi connectivity index (χ0) is 0. The van der Waals surface area contributed by atoms with Crippen LogP contribution < -0.4 is 0 Å². The minimum absolute atomic E-state index is 0. The van der Waals surface area contributed by atoms with E-state index >= 15 is 0 Å². The standard InChI is InChI=1S/Ca.H2O.H2S.Zn.2H/h;2*1H2;;;. The van der Waals surface area contributed by atoms with Crippen molar-refractivity contribution in [2.45, 2.75) is 0 Å². The van der Waals surface area contributed by atoms with E-state index in [1.54, 1.807) is 0 Å². The Bertz CT molecular complexity index is 8.00. The Morgan fingerprint density at radius 2 is 1.00 bits per heavy atom. The Hall–Kier alpha value is 2.19. The second-order valence-corrected chi connectivity index (χ2v) is 0. The van der Waals surface area contributed by atoms with Crippen LogP contribution in [0.5, 0.6) is 0 Å². The van der Waals surface area contributed by atoms with Crippen molar-refractivity contribution < 1.29 is 25.0 Å². The van der Waals surface area contributed by atoms with Crippen LogP contribution in [-0.2, 0) is 19.5 Å². The van der Waals surface area contributed by atoms with E-state index in [2.05, 4.69) is 0 Å². The molecule has 0 amide bonds. The predicted molar refractivity (Wildman–Crippen MR) is 22.5 cm³/mol. The molecule has 0 rings (SSSR count). The first kappa shape index (κ1) is 34.7. The fraction of sp³-hybridized carbons (Fsp3) is 0. The van der Waals surface area contributed by atoms with E-state index in [-0.39, 0.29) is 76.2 Å². The van der Waals surface area contributed by atoms with Crippen molar-refractivity contribution >= 4 is 51.2 Å². The summed E-state index contributed by atoms with van der Waals surface area (Å²) in [6.07, 6.45) is 0. The molecule has 4 heteroatoms. The maximum atomic E-state index is 0. The van der Waals surface area contributed by atoms with Gasteiger partial charge in [0.1, 0.15) is 0 Å². The van der Waals surface area contributed by atoms with E-state index in [0.29, 0.717) is 0 Å². The van der Waals surface area contributed by atoms with Crippen LogP contribution in [0.2, 0.25) is 0 Å². The topological polar surface area (TPSA) is 31.5 Å². The Kier molecular flexibility index (Phi) is 165. The van der Waals surface area contributed by atoms with Crippen LogP contribution in [0, 0.1) is 0 Å². The molecule has 1 nitrogen and oxygen atoms in total. The Morgan fingerprint density at radius 3 is 1.00 bits per heavy atom. The third-order valence-corrected chi connectivity index (χ3v) is 0. The third-order valence-electron chi connectivity index (χ3n) is 0. The molecule has 0 aliphatic rings. The van der Waals surface area contributed by atoms with Gasteiger partial charge in [0, 0.05) is 19.5 Å². The van der Waals surface area contributed by atoms with Crippen LogP contribution in [0.3, 0.4) is 0 Å². The van der Waals surface area contributed by atoms with Gasteiger partial charge in [-0.3, -0.25) is 0 Å². The zero-order valence-electron chi connectivity index (χ0n) is 1.71. The van der Waals surface area contributed by atoms with Crippen LogP contribution in [0.25, 0.3) is 0 Å². The van der Waals surface area contributed by atoms with Gasteiger partial charge < -0.3 is 5.48 Å². The van der Waals surface area contributed by atoms with Gasteiger partial charge in [-0.05, 0) is 0 Å². The smallest absolute Gasteiger partial charge is 0 e. The molecule has 0 unspecified atom stereocenters. The average Bonchev–Trinajstić information content (AvgIpc) is 0. The van der Waals surface area contributed by atoms with Gasteiger partial charge in [-0.1, -0.05) is 0 Å². The van der Waals surface area contributed by atoms with Crippen LogP contribution in [-0.4, -0.2) is 43.2 Å². The second-order valence-electron chi connectivity index (χ2n) is 0. The predicted octanol–water partition coefficient (Wildman–Crippen LogP) is -1.63. The van der Waals surface area contributed by atoms with Crippen LogP contribution in [0.1, 0.15) is 0 Å². The van der Waals surface area contributed by atoms with Gasteiger partial charge in [0.15, 0.2) is 0 Å². The summed E-state index contributed by atoms with van der Waals surface area (Å²) in [6.45, 7) is 0. The van der Waals surface area contributed by atoms with Crippen molar-refractivity contribution in [1.29, 1.82) is 0 Å². The van der Waals surface area contributed by atoms with Gasteiger partial charge in [0.05, 0.1) is 0 Å². The molecule has 22 valence electrons. The van der Waals surface area contributed by atoms with Crippen LogP contribution in [0.4, 0.5) is 0 Å². The van der Waals surface area contributed by atoms with Crippen LogP contribution in [0.15, 0.2) is 0 Å². The molecule has 0 saturated carbocycles. The number of rotatable bonds is 0. The van der Waals surface area contributed by atoms with Crippen molar-refractivity contribution in [2.75, 3.05) is 0 Å². The molecule has 0 aliphatic carbocycles. The molecule has 0 heterocycles. The van der Waals surface area contributed by atoms with E-state index in [4.69, 9.17) is 0 Å². The maximum Gasteiger partial charge on any atom is 0 e. The van der Waals surface area contributed by atoms with Gasteiger partial charge in [0.2, 0.25) is 0 Å². The summed E-state index contributed by atoms with van der Waals surface area (Å²) >= 11 is 0. The molecule has 0 atom stereocenters. The first-order valence-electron chi connectivity index (χ1n) is 0. The van der Waals surface area contributed by atoms with Crippen molar-refractivity contribution in [3.8, 4) is 0 Å². The van der Waals surface area contributed by atoms with Gasteiger partial charge >= 0.3 is 37.7 Å². The molecule has 0 fully saturated rings. The summed E-state index contributed by atoms with van der Waals surface area (Å²) in [5.41, 5.74) is 0. The molecule has 0 aromatic heterocycles.